The molecule has 0 aromatic heterocycles. The van der Waals surface area contributed by atoms with Crippen molar-refractivity contribution in [1.29, 1.82) is 0 Å². The lowest BCUT2D eigenvalue weighted by molar-refractivity contribution is -0.123. The fourth-order valence-corrected chi connectivity index (χ4v) is 3.04. The maximum Gasteiger partial charge on any atom is 0.238 e. The molecule has 144 valence electrons. The van der Waals surface area contributed by atoms with Crippen LogP contribution in [0.3, 0.4) is 0 Å². The molecule has 0 radical (unpaired) electrons. The summed E-state index contributed by atoms with van der Waals surface area (Å²) in [6, 6.07) is 7.82. The Bertz CT molecular complexity index is 607. The standard InChI is InChI=1S/C20H32N4O2/c1-16-6-8-17(9-7-16)21-18(25)14-23-10-5-11-24(13-12-23)15-19(26)22-20(2,3)4/h6-9H,5,10-15H2,1-4H3,(H,21,25)(H,22,26). The summed E-state index contributed by atoms with van der Waals surface area (Å²) in [5.41, 5.74) is 1.80. The molecule has 6 nitrogen and oxygen atoms in total. The molecule has 6 heteroatoms. The van der Waals surface area contributed by atoms with Crippen LogP contribution in [0, 0.1) is 6.92 Å². The number of hydrogen-bond donors (Lipinski definition) is 2. The minimum Gasteiger partial charge on any atom is -0.350 e. The highest BCUT2D eigenvalue weighted by Crippen LogP contribution is 2.09. The molecule has 2 rings (SSSR count). The van der Waals surface area contributed by atoms with Crippen molar-refractivity contribution < 1.29 is 9.59 Å². The Morgan fingerprint density at radius 2 is 1.46 bits per heavy atom. The van der Waals surface area contributed by atoms with Gasteiger partial charge in [0, 0.05) is 24.3 Å². The summed E-state index contributed by atoms with van der Waals surface area (Å²) in [6.45, 7) is 12.1. The fraction of sp³-hybridized carbons (Fsp3) is 0.600. The maximum absolute atomic E-state index is 12.3. The van der Waals surface area contributed by atoms with E-state index in [1.54, 1.807) is 0 Å². The van der Waals surface area contributed by atoms with Crippen molar-refractivity contribution in [3.63, 3.8) is 0 Å². The van der Waals surface area contributed by atoms with Crippen LogP contribution >= 0.6 is 0 Å². The second-order valence-electron chi connectivity index (χ2n) is 8.12. The van der Waals surface area contributed by atoms with E-state index in [9.17, 15) is 9.59 Å². The van der Waals surface area contributed by atoms with Crippen LogP contribution in [-0.2, 0) is 9.59 Å². The molecule has 0 saturated carbocycles. The van der Waals surface area contributed by atoms with Crippen LogP contribution in [0.5, 0.6) is 0 Å². The number of benzene rings is 1. The van der Waals surface area contributed by atoms with E-state index in [4.69, 9.17) is 0 Å². The van der Waals surface area contributed by atoms with Crippen LogP contribution in [0.2, 0.25) is 0 Å². The highest BCUT2D eigenvalue weighted by Gasteiger charge is 2.20. The summed E-state index contributed by atoms with van der Waals surface area (Å²) in [5, 5.41) is 5.95. The summed E-state index contributed by atoms with van der Waals surface area (Å²) in [6.07, 6.45) is 0.959. The summed E-state index contributed by atoms with van der Waals surface area (Å²) in [7, 11) is 0. The zero-order valence-corrected chi connectivity index (χ0v) is 16.5. The topological polar surface area (TPSA) is 64.7 Å². The van der Waals surface area contributed by atoms with Gasteiger partial charge in [-0.2, -0.15) is 0 Å². The molecule has 0 atom stereocenters. The molecule has 1 fully saturated rings. The van der Waals surface area contributed by atoms with Crippen molar-refractivity contribution in [2.24, 2.45) is 0 Å². The first-order valence-corrected chi connectivity index (χ1v) is 9.33. The van der Waals surface area contributed by atoms with Crippen molar-refractivity contribution in [1.82, 2.24) is 15.1 Å². The third-order valence-electron chi connectivity index (χ3n) is 4.27. The number of hydrogen-bond acceptors (Lipinski definition) is 4. The second-order valence-corrected chi connectivity index (χ2v) is 8.12. The molecule has 1 aromatic rings. The Balaban J connectivity index is 1.76. The van der Waals surface area contributed by atoms with Gasteiger partial charge in [-0.3, -0.25) is 19.4 Å². The zero-order valence-electron chi connectivity index (χ0n) is 16.5. The molecular weight excluding hydrogens is 328 g/mol. The molecule has 1 saturated heterocycles. The number of amides is 2. The number of nitrogens with one attached hydrogen (secondary N) is 2. The molecule has 1 aromatic carbocycles. The lowest BCUT2D eigenvalue weighted by atomic mass is 10.1. The van der Waals surface area contributed by atoms with E-state index in [-0.39, 0.29) is 17.4 Å². The lowest BCUT2D eigenvalue weighted by Crippen LogP contribution is -2.46. The second kappa shape index (κ2) is 9.14. The average Bonchev–Trinajstić information content (AvgIpc) is 2.73. The largest absolute Gasteiger partial charge is 0.350 e. The van der Waals surface area contributed by atoms with E-state index in [2.05, 4.69) is 20.4 Å². The van der Waals surface area contributed by atoms with Gasteiger partial charge in [-0.25, -0.2) is 0 Å². The summed E-state index contributed by atoms with van der Waals surface area (Å²) in [4.78, 5) is 28.7. The molecule has 2 N–H and O–H groups in total. The molecule has 0 aliphatic carbocycles. The zero-order chi connectivity index (χ0) is 19.2. The number of nitrogens with zero attached hydrogens (tertiary/aromatic N) is 2. The van der Waals surface area contributed by atoms with Crippen molar-refractivity contribution in [2.75, 3.05) is 44.6 Å². The van der Waals surface area contributed by atoms with Crippen LogP contribution in [-0.4, -0.2) is 66.4 Å². The van der Waals surface area contributed by atoms with Gasteiger partial charge in [-0.1, -0.05) is 17.7 Å². The molecular formula is C20H32N4O2. The molecule has 0 unspecified atom stereocenters. The Hall–Kier alpha value is -1.92. The average molecular weight is 361 g/mol. The van der Waals surface area contributed by atoms with Gasteiger partial charge in [0.1, 0.15) is 0 Å². The highest BCUT2D eigenvalue weighted by molar-refractivity contribution is 5.92. The third kappa shape index (κ3) is 7.54. The molecule has 0 bridgehead atoms. The fourth-order valence-electron chi connectivity index (χ4n) is 3.04. The first kappa shape index (κ1) is 20.4. The van der Waals surface area contributed by atoms with E-state index < -0.39 is 0 Å². The Morgan fingerprint density at radius 1 is 0.923 bits per heavy atom. The van der Waals surface area contributed by atoms with Gasteiger partial charge < -0.3 is 10.6 Å². The van der Waals surface area contributed by atoms with E-state index >= 15 is 0 Å². The summed E-state index contributed by atoms with van der Waals surface area (Å²) >= 11 is 0. The highest BCUT2D eigenvalue weighted by atomic mass is 16.2. The van der Waals surface area contributed by atoms with E-state index in [1.165, 1.54) is 5.56 Å². The monoisotopic (exact) mass is 360 g/mol. The molecule has 1 heterocycles. The molecule has 1 aliphatic rings. The van der Waals surface area contributed by atoms with Gasteiger partial charge in [0.05, 0.1) is 13.1 Å². The van der Waals surface area contributed by atoms with Crippen molar-refractivity contribution >= 4 is 17.5 Å². The van der Waals surface area contributed by atoms with Crippen molar-refractivity contribution in [2.45, 2.75) is 39.7 Å². The predicted octanol–water partition coefficient (Wildman–Crippen LogP) is 1.86. The maximum atomic E-state index is 12.3. The number of aryl methyl sites for hydroxylation is 1. The smallest absolute Gasteiger partial charge is 0.238 e. The van der Waals surface area contributed by atoms with E-state index in [0.29, 0.717) is 13.1 Å². The summed E-state index contributed by atoms with van der Waals surface area (Å²) < 4.78 is 0. The van der Waals surface area contributed by atoms with E-state index in [1.807, 2.05) is 52.0 Å². The van der Waals surface area contributed by atoms with Gasteiger partial charge >= 0.3 is 0 Å². The normalized spacial score (nSPS) is 16.8. The van der Waals surface area contributed by atoms with Crippen LogP contribution in [0.25, 0.3) is 0 Å². The van der Waals surface area contributed by atoms with Crippen LogP contribution in [0.15, 0.2) is 24.3 Å². The van der Waals surface area contributed by atoms with Gasteiger partial charge in [0.2, 0.25) is 11.8 Å². The SMILES string of the molecule is Cc1ccc(NC(=O)CN2CCCN(CC(=O)NC(C)(C)C)CC2)cc1. The summed E-state index contributed by atoms with van der Waals surface area (Å²) in [5.74, 6) is 0.0656. The third-order valence-corrected chi connectivity index (χ3v) is 4.27. The van der Waals surface area contributed by atoms with Crippen molar-refractivity contribution in [3.8, 4) is 0 Å². The van der Waals surface area contributed by atoms with Crippen LogP contribution < -0.4 is 10.6 Å². The van der Waals surface area contributed by atoms with Gasteiger partial charge in [-0.05, 0) is 59.3 Å². The van der Waals surface area contributed by atoms with Crippen LogP contribution in [0.1, 0.15) is 32.8 Å². The first-order valence-electron chi connectivity index (χ1n) is 9.33. The molecule has 2 amide bonds. The van der Waals surface area contributed by atoms with Gasteiger partial charge in [-0.15, -0.1) is 0 Å². The lowest BCUT2D eigenvalue weighted by Gasteiger charge is -2.25. The predicted molar refractivity (Wildman–Crippen MR) is 105 cm³/mol. The minimum atomic E-state index is -0.205. The number of carbonyl (C=O) groups is 2. The Labute approximate surface area is 156 Å². The minimum absolute atomic E-state index is 0.00720. The van der Waals surface area contributed by atoms with Crippen LogP contribution in [0.4, 0.5) is 5.69 Å². The first-order chi connectivity index (χ1) is 12.2. The Kier molecular flexibility index (Phi) is 7.17. The molecule has 26 heavy (non-hydrogen) atoms. The number of carbonyl (C=O) groups excluding carboxylic acids is 2. The van der Waals surface area contributed by atoms with Gasteiger partial charge in [0.15, 0.2) is 0 Å². The molecule has 1 aliphatic heterocycles. The Morgan fingerprint density at radius 3 is 2.00 bits per heavy atom. The van der Waals surface area contributed by atoms with Gasteiger partial charge in [0.25, 0.3) is 0 Å². The molecule has 0 spiro atoms. The number of rotatable bonds is 5. The quantitative estimate of drug-likeness (QED) is 0.841. The number of anilines is 1. The van der Waals surface area contributed by atoms with E-state index in [0.717, 1.165) is 38.3 Å². The van der Waals surface area contributed by atoms with Crippen molar-refractivity contribution in [3.05, 3.63) is 29.8 Å².